The summed E-state index contributed by atoms with van der Waals surface area (Å²) in [6.45, 7) is 4.08. The van der Waals surface area contributed by atoms with E-state index in [9.17, 15) is 9.90 Å². The maximum absolute atomic E-state index is 12.0. The van der Waals surface area contributed by atoms with Gasteiger partial charge in [0.15, 0.2) is 0 Å². The number of piperidine rings is 1. The molecule has 2 fully saturated rings. The van der Waals surface area contributed by atoms with Crippen LogP contribution in [-0.4, -0.2) is 35.4 Å². The van der Waals surface area contributed by atoms with Crippen molar-refractivity contribution < 1.29 is 9.90 Å². The Morgan fingerprint density at radius 1 is 1.43 bits per heavy atom. The third-order valence-corrected chi connectivity index (χ3v) is 6.48. The van der Waals surface area contributed by atoms with Gasteiger partial charge in [0.05, 0.1) is 11.1 Å². The Hall–Kier alpha value is -2.07. The molecule has 4 aliphatic rings. The van der Waals surface area contributed by atoms with E-state index in [4.69, 9.17) is 0 Å². The lowest BCUT2D eigenvalue weighted by atomic mass is 9.62. The van der Waals surface area contributed by atoms with Crippen LogP contribution >= 0.6 is 0 Å². The van der Waals surface area contributed by atoms with E-state index in [1.807, 2.05) is 6.07 Å². The number of aldehydes is 1. The molecule has 0 unspecified atom stereocenters. The molecular formula is C19H20N2O2. The molecule has 1 aliphatic carbocycles. The lowest BCUT2D eigenvalue weighted by Crippen LogP contribution is -2.52. The first-order valence-corrected chi connectivity index (χ1v) is 8.39. The van der Waals surface area contributed by atoms with Gasteiger partial charge in [-0.05, 0) is 31.4 Å². The molecule has 1 spiro atoms. The van der Waals surface area contributed by atoms with Gasteiger partial charge in [0.1, 0.15) is 12.0 Å². The predicted molar refractivity (Wildman–Crippen MR) is 88.3 cm³/mol. The van der Waals surface area contributed by atoms with Crippen molar-refractivity contribution in [2.75, 3.05) is 18.4 Å². The van der Waals surface area contributed by atoms with E-state index in [1.54, 1.807) is 6.07 Å². The summed E-state index contributed by atoms with van der Waals surface area (Å²) in [7, 11) is 0. The SMILES string of the molecule is C/C=C1/CN2CC[C@]34C(=C(C=O)[C@@H]1C[C@@H]23)Nc1c(O)cccc14. The van der Waals surface area contributed by atoms with Crippen LogP contribution in [0.5, 0.6) is 5.75 Å². The van der Waals surface area contributed by atoms with Crippen LogP contribution < -0.4 is 5.32 Å². The molecule has 0 aromatic heterocycles. The Morgan fingerprint density at radius 2 is 2.30 bits per heavy atom. The van der Waals surface area contributed by atoms with Crippen molar-refractivity contribution in [3.8, 4) is 5.75 Å². The lowest BCUT2D eigenvalue weighted by molar-refractivity contribution is -0.105. The molecular weight excluding hydrogens is 288 g/mol. The van der Waals surface area contributed by atoms with E-state index < -0.39 is 0 Å². The molecule has 5 rings (SSSR count). The number of hydrogen-bond donors (Lipinski definition) is 2. The Morgan fingerprint density at radius 3 is 3.09 bits per heavy atom. The summed E-state index contributed by atoms with van der Waals surface area (Å²) in [5, 5.41) is 13.7. The molecule has 2 saturated heterocycles. The van der Waals surface area contributed by atoms with Crippen molar-refractivity contribution in [1.82, 2.24) is 4.90 Å². The second-order valence-electron chi connectivity index (χ2n) is 7.13. The zero-order chi connectivity index (χ0) is 15.8. The molecule has 3 aliphatic heterocycles. The molecule has 4 nitrogen and oxygen atoms in total. The average Bonchev–Trinajstić information content (AvgIpc) is 3.12. The molecule has 4 heteroatoms. The average molecular weight is 308 g/mol. The number of hydrogen-bond acceptors (Lipinski definition) is 4. The van der Waals surface area contributed by atoms with E-state index in [2.05, 4.69) is 29.3 Å². The summed E-state index contributed by atoms with van der Waals surface area (Å²) in [4.78, 5) is 14.5. The summed E-state index contributed by atoms with van der Waals surface area (Å²) in [6, 6.07) is 6.18. The van der Waals surface area contributed by atoms with E-state index in [-0.39, 0.29) is 17.1 Å². The third kappa shape index (κ3) is 1.39. The van der Waals surface area contributed by atoms with Gasteiger partial charge in [0, 0.05) is 36.3 Å². The van der Waals surface area contributed by atoms with Gasteiger partial charge < -0.3 is 10.4 Å². The molecule has 0 radical (unpaired) electrons. The molecule has 1 aromatic rings. The van der Waals surface area contributed by atoms with E-state index in [0.29, 0.717) is 6.04 Å². The number of benzene rings is 1. The van der Waals surface area contributed by atoms with Gasteiger partial charge in [-0.3, -0.25) is 9.69 Å². The van der Waals surface area contributed by atoms with Gasteiger partial charge in [0.2, 0.25) is 0 Å². The number of anilines is 1. The Bertz CT molecular complexity index is 795. The van der Waals surface area contributed by atoms with Crippen LogP contribution in [0.2, 0.25) is 0 Å². The van der Waals surface area contributed by atoms with Crippen LogP contribution in [0.4, 0.5) is 5.69 Å². The molecule has 0 saturated carbocycles. The number of phenols is 1. The Labute approximate surface area is 135 Å². The highest BCUT2D eigenvalue weighted by Crippen LogP contribution is 2.61. The second kappa shape index (κ2) is 4.26. The Kier molecular flexibility index (Phi) is 2.48. The van der Waals surface area contributed by atoms with Crippen molar-refractivity contribution in [2.24, 2.45) is 5.92 Å². The van der Waals surface area contributed by atoms with Crippen LogP contribution in [0, 0.1) is 5.92 Å². The van der Waals surface area contributed by atoms with Crippen molar-refractivity contribution >= 4 is 12.0 Å². The lowest BCUT2D eigenvalue weighted by Gasteiger charge is -2.48. The van der Waals surface area contributed by atoms with E-state index in [0.717, 1.165) is 49.2 Å². The summed E-state index contributed by atoms with van der Waals surface area (Å²) in [5.74, 6) is 0.507. The zero-order valence-corrected chi connectivity index (χ0v) is 13.2. The van der Waals surface area contributed by atoms with Crippen LogP contribution in [-0.2, 0) is 10.2 Å². The first kappa shape index (κ1) is 13.4. The molecule has 118 valence electrons. The fraction of sp³-hybridized carbons (Fsp3) is 0.421. The highest BCUT2D eigenvalue weighted by atomic mass is 16.3. The quantitative estimate of drug-likeness (QED) is 0.476. The maximum atomic E-state index is 12.0. The monoisotopic (exact) mass is 308 g/mol. The van der Waals surface area contributed by atoms with Gasteiger partial charge in [0.25, 0.3) is 0 Å². The highest BCUT2D eigenvalue weighted by molar-refractivity contribution is 5.86. The number of rotatable bonds is 1. The predicted octanol–water partition coefficient (Wildman–Crippen LogP) is 2.56. The minimum absolute atomic E-state index is 0.139. The standard InChI is InChI=1S/C19H20N2O2/c1-2-11-9-21-7-6-19-14-4-3-5-15(23)17(14)20-18(19)13(10-22)12(11)8-16(19)21/h2-5,10,12,16,20,23H,6-9H2,1H3/b11-2-/t12-,16-,19-/m1/s1. The summed E-state index contributed by atoms with van der Waals surface area (Å²) >= 11 is 0. The fourth-order valence-electron chi connectivity index (χ4n) is 5.50. The van der Waals surface area contributed by atoms with Crippen LogP contribution in [0.15, 0.2) is 41.1 Å². The first-order valence-electron chi connectivity index (χ1n) is 8.39. The van der Waals surface area contributed by atoms with Crippen molar-refractivity contribution in [2.45, 2.75) is 31.2 Å². The number of carbonyl (C=O) groups excluding carboxylic acids is 1. The van der Waals surface area contributed by atoms with Gasteiger partial charge in [-0.1, -0.05) is 23.8 Å². The Balaban J connectivity index is 1.84. The number of fused-ring (bicyclic) bond motifs is 2. The first-order chi connectivity index (χ1) is 11.2. The second-order valence-corrected chi connectivity index (χ2v) is 7.13. The van der Waals surface area contributed by atoms with Crippen molar-refractivity contribution in [1.29, 1.82) is 0 Å². The molecule has 3 atom stereocenters. The van der Waals surface area contributed by atoms with Crippen LogP contribution in [0.3, 0.4) is 0 Å². The van der Waals surface area contributed by atoms with Gasteiger partial charge in [-0.15, -0.1) is 0 Å². The van der Waals surface area contributed by atoms with E-state index in [1.165, 1.54) is 11.1 Å². The number of nitrogens with zero attached hydrogens (tertiary/aromatic N) is 1. The summed E-state index contributed by atoms with van der Waals surface area (Å²) in [5.41, 5.74) is 5.13. The summed E-state index contributed by atoms with van der Waals surface area (Å²) in [6.07, 6.45) is 5.24. The number of phenolic OH excluding ortho intramolecular Hbond substituents is 1. The third-order valence-electron chi connectivity index (χ3n) is 6.48. The molecule has 23 heavy (non-hydrogen) atoms. The number of para-hydroxylation sites is 1. The van der Waals surface area contributed by atoms with Crippen LogP contribution in [0.25, 0.3) is 0 Å². The molecule has 2 N–H and O–H groups in total. The van der Waals surface area contributed by atoms with Crippen molar-refractivity contribution in [3.05, 3.63) is 46.7 Å². The minimum Gasteiger partial charge on any atom is -0.506 e. The normalized spacial score (nSPS) is 36.0. The van der Waals surface area contributed by atoms with E-state index >= 15 is 0 Å². The summed E-state index contributed by atoms with van der Waals surface area (Å²) < 4.78 is 0. The van der Waals surface area contributed by atoms with Crippen molar-refractivity contribution in [3.63, 3.8) is 0 Å². The molecule has 3 heterocycles. The zero-order valence-electron chi connectivity index (χ0n) is 13.2. The number of carbonyl (C=O) groups is 1. The van der Waals surface area contributed by atoms with Crippen LogP contribution in [0.1, 0.15) is 25.3 Å². The number of allylic oxidation sites excluding steroid dienone is 2. The van der Waals surface area contributed by atoms with Gasteiger partial charge in [-0.2, -0.15) is 0 Å². The topological polar surface area (TPSA) is 52.6 Å². The fourth-order valence-corrected chi connectivity index (χ4v) is 5.50. The smallest absolute Gasteiger partial charge is 0.148 e. The number of nitrogens with one attached hydrogen (secondary N) is 1. The largest absolute Gasteiger partial charge is 0.506 e. The molecule has 2 bridgehead atoms. The van der Waals surface area contributed by atoms with Gasteiger partial charge >= 0.3 is 0 Å². The minimum atomic E-state index is -0.139. The molecule has 0 amide bonds. The number of aromatic hydroxyl groups is 1. The highest BCUT2D eigenvalue weighted by Gasteiger charge is 2.61. The maximum Gasteiger partial charge on any atom is 0.148 e. The van der Waals surface area contributed by atoms with Gasteiger partial charge in [-0.25, -0.2) is 0 Å². The molecule has 1 aromatic carbocycles.